The van der Waals surface area contributed by atoms with E-state index < -0.39 is 17.6 Å². The minimum absolute atomic E-state index is 0.219. The molecule has 32 heavy (non-hydrogen) atoms. The number of methoxy groups -OCH3 is 2. The van der Waals surface area contributed by atoms with Gasteiger partial charge < -0.3 is 19.1 Å². The van der Waals surface area contributed by atoms with E-state index in [1.807, 2.05) is 6.92 Å². The molecule has 8 heteroatoms. The highest BCUT2D eigenvalue weighted by Gasteiger charge is 2.42. The van der Waals surface area contributed by atoms with Crippen molar-refractivity contribution in [3.05, 3.63) is 65.6 Å². The van der Waals surface area contributed by atoms with E-state index >= 15 is 0 Å². The zero-order valence-corrected chi connectivity index (χ0v) is 18.5. The SMILES string of the molecule is CCOc1ccc(N2C(=O)C(c3ccc(F)cc3)=C(N(CCOC)CCOC)C2=O)cc1. The number of anilines is 1. The molecule has 0 saturated heterocycles. The molecule has 2 aromatic carbocycles. The predicted molar refractivity (Wildman–Crippen MR) is 119 cm³/mol. The summed E-state index contributed by atoms with van der Waals surface area (Å²) in [6.07, 6.45) is 0. The molecular formula is C24H27FN2O5. The Morgan fingerprint density at radius 2 is 1.47 bits per heavy atom. The molecule has 1 heterocycles. The standard InChI is InChI=1S/C24H27FN2O5/c1-4-32-20-11-9-19(10-12-20)27-23(28)21(17-5-7-18(25)8-6-17)22(24(27)29)26(13-15-30-2)14-16-31-3/h5-12H,4,13-16H2,1-3H3. The van der Waals surface area contributed by atoms with Crippen LogP contribution in [-0.4, -0.2) is 63.8 Å². The van der Waals surface area contributed by atoms with Crippen molar-refractivity contribution in [1.82, 2.24) is 4.90 Å². The number of hydrogen-bond donors (Lipinski definition) is 0. The maximum atomic E-state index is 13.6. The number of halogens is 1. The van der Waals surface area contributed by atoms with Crippen molar-refractivity contribution in [2.24, 2.45) is 0 Å². The van der Waals surface area contributed by atoms with Crippen LogP contribution < -0.4 is 9.64 Å². The summed E-state index contributed by atoms with van der Waals surface area (Å²) in [6.45, 7) is 3.87. The minimum Gasteiger partial charge on any atom is -0.494 e. The van der Waals surface area contributed by atoms with E-state index in [0.717, 1.165) is 4.90 Å². The van der Waals surface area contributed by atoms with Crippen LogP contribution in [0.2, 0.25) is 0 Å². The lowest BCUT2D eigenvalue weighted by molar-refractivity contribution is -0.120. The lowest BCUT2D eigenvalue weighted by Crippen LogP contribution is -2.37. The molecule has 0 saturated carbocycles. The molecule has 0 spiro atoms. The van der Waals surface area contributed by atoms with E-state index in [0.29, 0.717) is 49.9 Å². The lowest BCUT2D eigenvalue weighted by Gasteiger charge is -2.25. The second-order valence-corrected chi connectivity index (χ2v) is 7.08. The topological polar surface area (TPSA) is 68.3 Å². The van der Waals surface area contributed by atoms with Gasteiger partial charge in [0.25, 0.3) is 11.8 Å². The van der Waals surface area contributed by atoms with Gasteiger partial charge in [-0.1, -0.05) is 12.1 Å². The Morgan fingerprint density at radius 3 is 2.00 bits per heavy atom. The molecule has 3 rings (SSSR count). The van der Waals surface area contributed by atoms with Gasteiger partial charge in [-0.05, 0) is 48.9 Å². The minimum atomic E-state index is -0.472. The summed E-state index contributed by atoms with van der Waals surface area (Å²) in [6, 6.07) is 12.3. The fraction of sp³-hybridized carbons (Fsp3) is 0.333. The number of nitrogens with zero attached hydrogens (tertiary/aromatic N) is 2. The summed E-state index contributed by atoms with van der Waals surface area (Å²) in [5.74, 6) is -0.706. The molecule has 0 bridgehead atoms. The van der Waals surface area contributed by atoms with Gasteiger partial charge >= 0.3 is 0 Å². The number of hydrogen-bond acceptors (Lipinski definition) is 6. The van der Waals surface area contributed by atoms with Gasteiger partial charge in [-0.25, -0.2) is 9.29 Å². The zero-order chi connectivity index (χ0) is 23.1. The molecule has 0 fully saturated rings. The second-order valence-electron chi connectivity index (χ2n) is 7.08. The maximum Gasteiger partial charge on any atom is 0.282 e. The van der Waals surface area contributed by atoms with E-state index in [1.54, 1.807) is 43.4 Å². The molecule has 0 aromatic heterocycles. The number of imide groups is 1. The first-order valence-corrected chi connectivity index (χ1v) is 10.4. The van der Waals surface area contributed by atoms with Crippen molar-refractivity contribution in [2.45, 2.75) is 6.92 Å². The van der Waals surface area contributed by atoms with Crippen molar-refractivity contribution in [3.8, 4) is 5.75 Å². The first-order chi connectivity index (χ1) is 15.5. The number of carbonyl (C=O) groups is 2. The Bertz CT molecular complexity index is 965. The van der Waals surface area contributed by atoms with Crippen molar-refractivity contribution in [1.29, 1.82) is 0 Å². The van der Waals surface area contributed by atoms with Crippen LogP contribution in [0.5, 0.6) is 5.75 Å². The second kappa shape index (κ2) is 10.9. The number of rotatable bonds is 11. The van der Waals surface area contributed by atoms with E-state index in [9.17, 15) is 14.0 Å². The van der Waals surface area contributed by atoms with E-state index in [4.69, 9.17) is 14.2 Å². The predicted octanol–water partition coefficient (Wildman–Crippen LogP) is 3.10. The third-order valence-electron chi connectivity index (χ3n) is 5.05. The van der Waals surface area contributed by atoms with Crippen molar-refractivity contribution < 1.29 is 28.2 Å². The summed E-state index contributed by atoms with van der Waals surface area (Å²) in [4.78, 5) is 30.0. The van der Waals surface area contributed by atoms with Crippen LogP contribution in [0.1, 0.15) is 12.5 Å². The van der Waals surface area contributed by atoms with Crippen LogP contribution >= 0.6 is 0 Å². The van der Waals surface area contributed by atoms with Crippen molar-refractivity contribution >= 4 is 23.1 Å². The molecule has 170 valence electrons. The van der Waals surface area contributed by atoms with Crippen molar-refractivity contribution in [3.63, 3.8) is 0 Å². The van der Waals surface area contributed by atoms with Crippen LogP contribution in [0.15, 0.2) is 54.2 Å². The lowest BCUT2D eigenvalue weighted by atomic mass is 10.0. The number of carbonyl (C=O) groups excluding carboxylic acids is 2. The monoisotopic (exact) mass is 442 g/mol. The molecule has 2 aromatic rings. The Hall–Kier alpha value is -3.23. The molecular weight excluding hydrogens is 415 g/mol. The highest BCUT2D eigenvalue weighted by Crippen LogP contribution is 2.35. The molecule has 0 atom stereocenters. The summed E-state index contributed by atoms with van der Waals surface area (Å²) in [7, 11) is 3.13. The smallest absolute Gasteiger partial charge is 0.282 e. The molecule has 1 aliphatic rings. The van der Waals surface area contributed by atoms with Gasteiger partial charge in [0.1, 0.15) is 17.3 Å². The van der Waals surface area contributed by atoms with Crippen LogP contribution in [0.4, 0.5) is 10.1 Å². The Kier molecular flexibility index (Phi) is 7.97. The average molecular weight is 442 g/mol. The van der Waals surface area contributed by atoms with Gasteiger partial charge in [-0.3, -0.25) is 9.59 Å². The van der Waals surface area contributed by atoms with Gasteiger partial charge in [-0.2, -0.15) is 0 Å². The van der Waals surface area contributed by atoms with Gasteiger partial charge in [0.05, 0.1) is 31.1 Å². The molecule has 0 N–H and O–H groups in total. The largest absolute Gasteiger partial charge is 0.494 e. The van der Waals surface area contributed by atoms with E-state index in [-0.39, 0.29) is 11.3 Å². The highest BCUT2D eigenvalue weighted by molar-refractivity contribution is 6.45. The van der Waals surface area contributed by atoms with Crippen LogP contribution in [0, 0.1) is 5.82 Å². The van der Waals surface area contributed by atoms with Crippen molar-refractivity contribution in [2.75, 3.05) is 52.0 Å². The Balaban J connectivity index is 2.06. The molecule has 0 radical (unpaired) electrons. The fourth-order valence-corrected chi connectivity index (χ4v) is 3.52. The molecule has 7 nitrogen and oxygen atoms in total. The molecule has 2 amide bonds. The van der Waals surface area contributed by atoms with Crippen LogP contribution in [0.3, 0.4) is 0 Å². The molecule has 0 aliphatic carbocycles. The molecule has 0 unspecified atom stereocenters. The highest BCUT2D eigenvalue weighted by atomic mass is 19.1. The first kappa shape index (κ1) is 23.4. The third kappa shape index (κ3) is 4.98. The Labute approximate surface area is 187 Å². The van der Waals surface area contributed by atoms with E-state index in [1.165, 1.54) is 24.3 Å². The Morgan fingerprint density at radius 1 is 0.875 bits per heavy atom. The zero-order valence-electron chi connectivity index (χ0n) is 18.5. The summed E-state index contributed by atoms with van der Waals surface area (Å²) in [5, 5.41) is 0. The van der Waals surface area contributed by atoms with Gasteiger partial charge in [-0.15, -0.1) is 0 Å². The normalized spacial score (nSPS) is 13.8. The number of amides is 2. The number of benzene rings is 2. The molecule has 1 aliphatic heterocycles. The summed E-state index contributed by atoms with van der Waals surface area (Å²) >= 11 is 0. The van der Waals surface area contributed by atoms with E-state index in [2.05, 4.69) is 0 Å². The summed E-state index contributed by atoms with van der Waals surface area (Å²) in [5.41, 5.74) is 1.35. The van der Waals surface area contributed by atoms with Gasteiger partial charge in [0.15, 0.2) is 0 Å². The fourth-order valence-electron chi connectivity index (χ4n) is 3.52. The van der Waals surface area contributed by atoms with Crippen LogP contribution in [-0.2, 0) is 19.1 Å². The third-order valence-corrected chi connectivity index (χ3v) is 5.05. The quantitative estimate of drug-likeness (QED) is 0.498. The van der Waals surface area contributed by atoms with Gasteiger partial charge in [0, 0.05) is 27.3 Å². The van der Waals surface area contributed by atoms with Gasteiger partial charge in [0.2, 0.25) is 0 Å². The number of ether oxygens (including phenoxy) is 3. The average Bonchev–Trinajstić information content (AvgIpc) is 3.05. The maximum absolute atomic E-state index is 13.6. The first-order valence-electron chi connectivity index (χ1n) is 10.4. The van der Waals surface area contributed by atoms with Crippen LogP contribution in [0.25, 0.3) is 5.57 Å². The summed E-state index contributed by atoms with van der Waals surface area (Å²) < 4.78 is 29.4.